The molecule has 0 saturated heterocycles. The zero-order valence-corrected chi connectivity index (χ0v) is 12.3. The molecule has 4 heteroatoms. The van der Waals surface area contributed by atoms with Crippen molar-refractivity contribution in [2.45, 2.75) is 39.7 Å². The Hall–Kier alpha value is -1.39. The van der Waals surface area contributed by atoms with Gasteiger partial charge in [0.1, 0.15) is 5.82 Å². The van der Waals surface area contributed by atoms with Gasteiger partial charge >= 0.3 is 0 Å². The molecule has 1 unspecified atom stereocenters. The number of hydrogen-bond donors (Lipinski definition) is 2. The number of rotatable bonds is 4. The highest BCUT2D eigenvalue weighted by Crippen LogP contribution is 2.23. The van der Waals surface area contributed by atoms with Crippen LogP contribution in [0.15, 0.2) is 24.3 Å². The largest absolute Gasteiger partial charge is 0.331 e. The van der Waals surface area contributed by atoms with Crippen molar-refractivity contribution in [2.24, 2.45) is 18.3 Å². The first-order chi connectivity index (χ1) is 8.90. The molecule has 0 saturated carbocycles. The Kier molecular flexibility index (Phi) is 3.92. The fourth-order valence-electron chi connectivity index (χ4n) is 2.53. The maximum absolute atomic E-state index is 5.69. The summed E-state index contributed by atoms with van der Waals surface area (Å²) in [5.74, 6) is 6.76. The number of hydrogen-bond acceptors (Lipinski definition) is 3. The van der Waals surface area contributed by atoms with E-state index in [1.165, 1.54) is 5.52 Å². The summed E-state index contributed by atoms with van der Waals surface area (Å²) in [6.45, 7) is 6.69. The van der Waals surface area contributed by atoms with Gasteiger partial charge in [0.25, 0.3) is 0 Å². The number of benzene rings is 1. The van der Waals surface area contributed by atoms with E-state index in [1.807, 2.05) is 18.2 Å². The van der Waals surface area contributed by atoms with Gasteiger partial charge in [0.15, 0.2) is 0 Å². The predicted molar refractivity (Wildman–Crippen MR) is 79.6 cm³/mol. The van der Waals surface area contributed by atoms with E-state index in [1.54, 1.807) is 0 Å². The SMILES string of the molecule is Cn1c(CC(CC(C)(C)C)NN)nc2ccccc21. The van der Waals surface area contributed by atoms with Crippen molar-refractivity contribution in [3.63, 3.8) is 0 Å². The van der Waals surface area contributed by atoms with Gasteiger partial charge in [0.2, 0.25) is 0 Å². The number of nitrogens with one attached hydrogen (secondary N) is 1. The van der Waals surface area contributed by atoms with Gasteiger partial charge in [0, 0.05) is 19.5 Å². The molecule has 0 aliphatic rings. The van der Waals surface area contributed by atoms with Crippen molar-refractivity contribution in [1.29, 1.82) is 0 Å². The lowest BCUT2D eigenvalue weighted by Gasteiger charge is -2.25. The normalized spacial score (nSPS) is 13.9. The summed E-state index contributed by atoms with van der Waals surface area (Å²) < 4.78 is 2.16. The maximum atomic E-state index is 5.69. The zero-order valence-electron chi connectivity index (χ0n) is 12.3. The molecular formula is C15H24N4. The molecule has 3 N–H and O–H groups in total. The van der Waals surface area contributed by atoms with Gasteiger partial charge in [-0.15, -0.1) is 0 Å². The number of para-hydroxylation sites is 2. The number of aryl methyl sites for hydroxylation is 1. The molecule has 0 aliphatic carbocycles. The van der Waals surface area contributed by atoms with Gasteiger partial charge in [0.05, 0.1) is 11.0 Å². The fraction of sp³-hybridized carbons (Fsp3) is 0.533. The Morgan fingerprint density at radius 2 is 2.00 bits per heavy atom. The van der Waals surface area contributed by atoms with Crippen LogP contribution in [0.1, 0.15) is 33.0 Å². The Morgan fingerprint density at radius 3 is 2.58 bits per heavy atom. The molecular weight excluding hydrogens is 236 g/mol. The molecule has 1 atom stereocenters. The van der Waals surface area contributed by atoms with Crippen molar-refractivity contribution >= 4 is 11.0 Å². The van der Waals surface area contributed by atoms with Crippen LogP contribution in [0.4, 0.5) is 0 Å². The van der Waals surface area contributed by atoms with E-state index >= 15 is 0 Å². The molecule has 0 aliphatic heterocycles. The predicted octanol–water partition coefficient (Wildman–Crippen LogP) is 2.38. The first-order valence-electron chi connectivity index (χ1n) is 6.77. The molecule has 0 spiro atoms. The molecule has 104 valence electrons. The minimum atomic E-state index is 0.246. The number of aromatic nitrogens is 2. The molecule has 19 heavy (non-hydrogen) atoms. The van der Waals surface area contributed by atoms with Gasteiger partial charge in [-0.2, -0.15) is 0 Å². The molecule has 2 aromatic rings. The highest BCUT2D eigenvalue weighted by atomic mass is 15.2. The quantitative estimate of drug-likeness (QED) is 0.655. The van der Waals surface area contributed by atoms with Gasteiger partial charge < -0.3 is 4.57 Å². The Labute approximate surface area is 115 Å². The lowest BCUT2D eigenvalue weighted by Crippen LogP contribution is -2.40. The molecule has 0 bridgehead atoms. The molecule has 1 aromatic carbocycles. The summed E-state index contributed by atoms with van der Waals surface area (Å²) in [4.78, 5) is 4.70. The number of hydrazine groups is 1. The monoisotopic (exact) mass is 260 g/mol. The van der Waals surface area contributed by atoms with Crippen LogP contribution in [0.3, 0.4) is 0 Å². The van der Waals surface area contributed by atoms with Crippen LogP contribution in [-0.4, -0.2) is 15.6 Å². The Bertz CT molecular complexity index is 551. The van der Waals surface area contributed by atoms with Crippen LogP contribution in [0.25, 0.3) is 11.0 Å². The van der Waals surface area contributed by atoms with Crippen molar-refractivity contribution in [1.82, 2.24) is 15.0 Å². The van der Waals surface area contributed by atoms with Gasteiger partial charge in [-0.3, -0.25) is 11.3 Å². The Morgan fingerprint density at radius 1 is 1.32 bits per heavy atom. The summed E-state index contributed by atoms with van der Waals surface area (Å²) in [5, 5.41) is 0. The molecule has 0 radical (unpaired) electrons. The van der Waals surface area contributed by atoms with Gasteiger partial charge in [-0.25, -0.2) is 4.98 Å². The van der Waals surface area contributed by atoms with E-state index in [9.17, 15) is 0 Å². The number of nitrogens with two attached hydrogens (primary N) is 1. The second kappa shape index (κ2) is 5.31. The van der Waals surface area contributed by atoms with E-state index in [0.717, 1.165) is 24.2 Å². The van der Waals surface area contributed by atoms with Crippen LogP contribution in [-0.2, 0) is 13.5 Å². The third-order valence-electron chi connectivity index (χ3n) is 3.40. The fourth-order valence-corrected chi connectivity index (χ4v) is 2.53. The van der Waals surface area contributed by atoms with Crippen molar-refractivity contribution in [3.8, 4) is 0 Å². The van der Waals surface area contributed by atoms with Crippen LogP contribution >= 0.6 is 0 Å². The smallest absolute Gasteiger partial charge is 0.111 e. The molecule has 0 amide bonds. The Balaban J connectivity index is 2.22. The van der Waals surface area contributed by atoms with Crippen LogP contribution in [0.5, 0.6) is 0 Å². The summed E-state index contributed by atoms with van der Waals surface area (Å²) in [6, 6.07) is 8.46. The lowest BCUT2D eigenvalue weighted by molar-refractivity contribution is 0.305. The third kappa shape index (κ3) is 3.33. The van der Waals surface area contributed by atoms with E-state index in [-0.39, 0.29) is 11.5 Å². The molecule has 1 heterocycles. The number of nitrogens with zero attached hydrogens (tertiary/aromatic N) is 2. The number of imidazole rings is 1. The summed E-state index contributed by atoms with van der Waals surface area (Å²) in [6.07, 6.45) is 1.87. The number of fused-ring (bicyclic) bond motifs is 1. The topological polar surface area (TPSA) is 55.9 Å². The van der Waals surface area contributed by atoms with Crippen molar-refractivity contribution in [3.05, 3.63) is 30.1 Å². The van der Waals surface area contributed by atoms with Gasteiger partial charge in [-0.1, -0.05) is 32.9 Å². The average molecular weight is 260 g/mol. The summed E-state index contributed by atoms with van der Waals surface area (Å²) in [5.41, 5.74) is 5.40. The average Bonchev–Trinajstić information content (AvgIpc) is 2.64. The minimum Gasteiger partial charge on any atom is -0.331 e. The van der Waals surface area contributed by atoms with E-state index in [2.05, 4.69) is 43.9 Å². The lowest BCUT2D eigenvalue weighted by atomic mass is 9.87. The third-order valence-corrected chi connectivity index (χ3v) is 3.40. The van der Waals surface area contributed by atoms with Crippen LogP contribution in [0, 0.1) is 5.41 Å². The highest BCUT2D eigenvalue weighted by Gasteiger charge is 2.20. The molecule has 1 aromatic heterocycles. The molecule has 2 rings (SSSR count). The standard InChI is InChI=1S/C15H24N4/c1-15(2,3)10-11(18-16)9-14-17-12-7-5-6-8-13(12)19(14)4/h5-8,11,18H,9-10,16H2,1-4H3. The van der Waals surface area contributed by atoms with E-state index in [4.69, 9.17) is 10.8 Å². The van der Waals surface area contributed by atoms with Crippen molar-refractivity contribution in [2.75, 3.05) is 0 Å². The molecule has 0 fully saturated rings. The van der Waals surface area contributed by atoms with E-state index in [0.29, 0.717) is 0 Å². The van der Waals surface area contributed by atoms with Crippen molar-refractivity contribution < 1.29 is 0 Å². The van der Waals surface area contributed by atoms with Gasteiger partial charge in [-0.05, 0) is 24.0 Å². The van der Waals surface area contributed by atoms with Crippen LogP contribution < -0.4 is 11.3 Å². The summed E-state index contributed by atoms with van der Waals surface area (Å²) in [7, 11) is 2.06. The first-order valence-corrected chi connectivity index (χ1v) is 6.77. The second-order valence-electron chi connectivity index (χ2n) is 6.41. The first kappa shape index (κ1) is 14.0. The highest BCUT2D eigenvalue weighted by molar-refractivity contribution is 5.75. The van der Waals surface area contributed by atoms with E-state index < -0.39 is 0 Å². The second-order valence-corrected chi connectivity index (χ2v) is 6.41. The van der Waals surface area contributed by atoms with Crippen LogP contribution in [0.2, 0.25) is 0 Å². The maximum Gasteiger partial charge on any atom is 0.111 e. The summed E-state index contributed by atoms with van der Waals surface area (Å²) >= 11 is 0. The zero-order chi connectivity index (χ0) is 14.0. The minimum absolute atomic E-state index is 0.246. The molecule has 4 nitrogen and oxygen atoms in total.